The molecule has 5 unspecified atom stereocenters. The van der Waals surface area contributed by atoms with Crippen LogP contribution in [0.1, 0.15) is 316 Å². The third kappa shape index (κ3) is 78.3. The number of carbonyl (C=O) groups excluding carboxylic acids is 3. The van der Waals surface area contributed by atoms with Gasteiger partial charge in [-0.3, -0.25) is 32.5 Å². The molecule has 18 heteroatoms. The highest BCUT2D eigenvalue weighted by Crippen LogP contribution is 2.45. The van der Waals surface area contributed by atoms with Crippen molar-refractivity contribution in [2.24, 2.45) is 0 Å². The zero-order valence-electron chi connectivity index (χ0n) is 64.4. The Bertz CT molecular complexity index is 2450. The van der Waals surface area contributed by atoms with E-state index >= 15 is 0 Å². The number of hydrogen-bond donors (Lipinski definition) is 4. The number of unbranched alkanes of at least 4 members (excludes halogenated alkanes) is 28. The lowest BCUT2D eigenvalue weighted by Crippen LogP contribution is -2.30. The maximum Gasteiger partial charge on any atom is 0.472 e. The molecule has 0 spiro atoms. The first-order valence-corrected chi connectivity index (χ1v) is 43.1. The summed E-state index contributed by atoms with van der Waals surface area (Å²) in [5.74, 6) is -1.69. The average molecular weight is 1480 g/mol. The molecular formula is C85H144O16P2. The van der Waals surface area contributed by atoms with E-state index in [9.17, 15) is 43.5 Å². The third-order valence-electron chi connectivity index (χ3n) is 16.5. The van der Waals surface area contributed by atoms with Gasteiger partial charge in [0, 0.05) is 19.3 Å². The zero-order valence-corrected chi connectivity index (χ0v) is 66.2. The molecule has 0 bridgehead atoms. The van der Waals surface area contributed by atoms with Crippen LogP contribution >= 0.6 is 15.6 Å². The number of carbonyl (C=O) groups is 3. The molecule has 103 heavy (non-hydrogen) atoms. The summed E-state index contributed by atoms with van der Waals surface area (Å²) in [6.07, 6.45) is 95.0. The van der Waals surface area contributed by atoms with E-state index in [1.165, 1.54) is 135 Å². The molecule has 0 aliphatic carbocycles. The number of aliphatic hydroxyl groups is 2. The van der Waals surface area contributed by atoms with Gasteiger partial charge in [-0.25, -0.2) is 9.13 Å². The summed E-state index contributed by atoms with van der Waals surface area (Å²) in [6.45, 7) is 2.41. The first-order chi connectivity index (χ1) is 50.2. The Morgan fingerprint density at radius 3 is 0.874 bits per heavy atom. The van der Waals surface area contributed by atoms with Crippen molar-refractivity contribution < 1.29 is 75.8 Å². The van der Waals surface area contributed by atoms with Crippen molar-refractivity contribution in [1.82, 2.24) is 0 Å². The minimum absolute atomic E-state index is 0.0385. The van der Waals surface area contributed by atoms with E-state index in [2.05, 4.69) is 148 Å². The largest absolute Gasteiger partial charge is 0.472 e. The van der Waals surface area contributed by atoms with Crippen molar-refractivity contribution in [3.8, 4) is 0 Å². The molecule has 0 radical (unpaired) electrons. The molecule has 16 nitrogen and oxygen atoms in total. The predicted octanol–water partition coefficient (Wildman–Crippen LogP) is 23.7. The standard InChI is InChI=1S/C85H144O16P2/c1-4-7-10-13-16-19-22-25-28-30-32-33-34-35-36-37-38-39-40-41-42-43-44-45-47-49-51-53-56-59-62-65-68-71-83(88)95-74-80(86)75-97-102(91,92)98-76-81(87)77-99-103(93,94)100-79-82(101-85(90)73-70-67-64-61-58-55-50-27-24-21-18-15-12-9-6-3)78-96-84(89)72-69-66-63-60-57-54-52-48-46-31-29-26-23-20-17-14-11-8-5-2/h8,11,16-21,25-29,32-33,35-36,46,48,50,54,57,63,66,80-82,86-87H,4-7,9-10,12-15,22-24,30-31,34,37-45,47,49,51-53,55-56,58-62,64-65,67-79H2,1-3H3,(H,91,92)(H,93,94)/b11-8-,19-16-,20-17-,21-18-,28-25-,29-26-,33-32-,36-35-,48-46-,50-27-,57-54-,66-63-. The van der Waals surface area contributed by atoms with Crippen molar-refractivity contribution in [2.45, 2.75) is 334 Å². The first-order valence-electron chi connectivity index (χ1n) is 40.1. The van der Waals surface area contributed by atoms with E-state index in [0.29, 0.717) is 25.7 Å². The number of phosphoric acid groups is 2. The van der Waals surface area contributed by atoms with E-state index in [0.717, 1.165) is 116 Å². The molecule has 0 saturated heterocycles. The number of rotatable bonds is 75. The van der Waals surface area contributed by atoms with Crippen molar-refractivity contribution in [3.63, 3.8) is 0 Å². The van der Waals surface area contributed by atoms with Gasteiger partial charge in [0.1, 0.15) is 25.4 Å². The SMILES string of the molecule is CC/C=C\C/C=C\C/C=C\C/C=C\C/C=C\C/C=C\CCC(=O)OCC(COP(=O)(O)OCC(O)COP(=O)(O)OCC(O)COC(=O)CCCCCCCCCCCCCCCCCCC/C=C\C/C=C\C/C=C\C/C=C\CCCCC)OC(=O)CCCCCCC/C=C\C/C=C\CCCCC. The molecule has 5 atom stereocenters. The van der Waals surface area contributed by atoms with Crippen LogP contribution in [0.3, 0.4) is 0 Å². The molecule has 590 valence electrons. The molecule has 0 aromatic rings. The number of allylic oxidation sites excluding steroid dienone is 24. The Labute approximate surface area is 626 Å². The number of esters is 3. The van der Waals surface area contributed by atoms with Gasteiger partial charge in [0.2, 0.25) is 0 Å². The number of aliphatic hydroxyl groups excluding tert-OH is 2. The van der Waals surface area contributed by atoms with Crippen LogP contribution in [0.4, 0.5) is 0 Å². The van der Waals surface area contributed by atoms with Crippen molar-refractivity contribution in [2.75, 3.05) is 39.6 Å². The molecule has 0 aliphatic rings. The summed E-state index contributed by atoms with van der Waals surface area (Å²) in [5, 5.41) is 20.6. The van der Waals surface area contributed by atoms with Gasteiger partial charge in [0.15, 0.2) is 6.10 Å². The molecule has 0 aromatic heterocycles. The van der Waals surface area contributed by atoms with Crippen LogP contribution in [-0.4, -0.2) is 95.9 Å². The average Bonchev–Trinajstić information content (AvgIpc) is 0.917. The number of hydrogen-bond acceptors (Lipinski definition) is 14. The summed E-state index contributed by atoms with van der Waals surface area (Å²) >= 11 is 0. The van der Waals surface area contributed by atoms with E-state index in [4.69, 9.17) is 32.3 Å². The Morgan fingerprint density at radius 1 is 0.282 bits per heavy atom. The highest BCUT2D eigenvalue weighted by molar-refractivity contribution is 7.47. The van der Waals surface area contributed by atoms with Crippen LogP contribution in [0.25, 0.3) is 0 Å². The van der Waals surface area contributed by atoms with E-state index in [1.54, 1.807) is 0 Å². The molecule has 0 fully saturated rings. The van der Waals surface area contributed by atoms with E-state index in [1.807, 2.05) is 18.2 Å². The molecule has 4 N–H and O–H groups in total. The minimum atomic E-state index is -4.95. The number of phosphoric ester groups is 2. The summed E-state index contributed by atoms with van der Waals surface area (Å²) in [4.78, 5) is 58.6. The Morgan fingerprint density at radius 2 is 0.534 bits per heavy atom. The second-order valence-corrected chi connectivity index (χ2v) is 29.4. The van der Waals surface area contributed by atoms with Crippen LogP contribution in [-0.2, 0) is 55.8 Å². The molecule has 0 saturated carbocycles. The van der Waals surface area contributed by atoms with Crippen LogP contribution in [0.15, 0.2) is 146 Å². The van der Waals surface area contributed by atoms with Gasteiger partial charge < -0.3 is 34.2 Å². The zero-order chi connectivity index (χ0) is 75.2. The normalized spacial score (nSPS) is 14.7. The van der Waals surface area contributed by atoms with Crippen LogP contribution < -0.4 is 0 Å². The molecular weight excluding hydrogens is 1340 g/mol. The van der Waals surface area contributed by atoms with Crippen LogP contribution in [0, 0.1) is 0 Å². The van der Waals surface area contributed by atoms with Gasteiger partial charge >= 0.3 is 33.6 Å². The summed E-state index contributed by atoms with van der Waals surface area (Å²) < 4.78 is 61.0. The quantitative estimate of drug-likeness (QED) is 0.0146. The second kappa shape index (κ2) is 77.1. The molecule has 0 amide bonds. The van der Waals surface area contributed by atoms with Crippen molar-refractivity contribution >= 4 is 33.6 Å². The summed E-state index contributed by atoms with van der Waals surface area (Å²) in [5.41, 5.74) is 0. The molecule has 0 aromatic carbocycles. The third-order valence-corrected chi connectivity index (χ3v) is 18.4. The maximum absolute atomic E-state index is 12.9. The monoisotopic (exact) mass is 1480 g/mol. The van der Waals surface area contributed by atoms with Gasteiger partial charge in [-0.2, -0.15) is 0 Å². The summed E-state index contributed by atoms with van der Waals surface area (Å²) in [7, 11) is -9.82. The van der Waals surface area contributed by atoms with Gasteiger partial charge in [0.05, 0.1) is 26.4 Å². The lowest BCUT2D eigenvalue weighted by atomic mass is 10.0. The van der Waals surface area contributed by atoms with Gasteiger partial charge in [-0.1, -0.05) is 308 Å². The predicted molar refractivity (Wildman–Crippen MR) is 426 cm³/mol. The Balaban J connectivity index is 4.49. The fourth-order valence-corrected chi connectivity index (χ4v) is 12.0. The lowest BCUT2D eigenvalue weighted by Gasteiger charge is -2.21. The van der Waals surface area contributed by atoms with Crippen LogP contribution in [0.5, 0.6) is 0 Å². The van der Waals surface area contributed by atoms with Gasteiger partial charge in [-0.15, -0.1) is 0 Å². The fraction of sp³-hybridized carbons (Fsp3) is 0.682. The van der Waals surface area contributed by atoms with E-state index in [-0.39, 0.29) is 19.3 Å². The van der Waals surface area contributed by atoms with Crippen molar-refractivity contribution in [1.29, 1.82) is 0 Å². The maximum atomic E-state index is 12.9. The fourth-order valence-electron chi connectivity index (χ4n) is 10.4. The Hall–Kier alpha value is -4.57. The molecule has 0 heterocycles. The Kier molecular flexibility index (Phi) is 73.6. The molecule has 0 rings (SSSR count). The first kappa shape index (κ1) is 98.4. The van der Waals surface area contributed by atoms with Crippen LogP contribution in [0.2, 0.25) is 0 Å². The highest BCUT2D eigenvalue weighted by atomic mass is 31.2. The van der Waals surface area contributed by atoms with Crippen molar-refractivity contribution in [3.05, 3.63) is 146 Å². The van der Waals surface area contributed by atoms with Gasteiger partial charge in [-0.05, 0) is 135 Å². The smallest absolute Gasteiger partial charge is 0.463 e. The lowest BCUT2D eigenvalue weighted by molar-refractivity contribution is -0.161. The van der Waals surface area contributed by atoms with E-state index < -0.39 is 91.5 Å². The highest BCUT2D eigenvalue weighted by Gasteiger charge is 2.29. The van der Waals surface area contributed by atoms with Gasteiger partial charge in [0.25, 0.3) is 0 Å². The summed E-state index contributed by atoms with van der Waals surface area (Å²) in [6, 6.07) is 0. The molecule has 0 aliphatic heterocycles. The second-order valence-electron chi connectivity index (χ2n) is 26.5. The number of ether oxygens (including phenoxy) is 3. The minimum Gasteiger partial charge on any atom is -0.463 e. The topological polar surface area (TPSA) is 231 Å².